The molecule has 11 heteroatoms. The van der Waals surface area contributed by atoms with Crippen LogP contribution in [0, 0.1) is 32.4 Å². The summed E-state index contributed by atoms with van der Waals surface area (Å²) in [6.07, 6.45) is 0.663. The van der Waals surface area contributed by atoms with E-state index in [1.807, 2.05) is 19.9 Å². The summed E-state index contributed by atoms with van der Waals surface area (Å²) < 4.78 is 48.9. The maximum atomic E-state index is 13.0. The first-order valence-electron chi connectivity index (χ1n) is 14.1. The van der Waals surface area contributed by atoms with E-state index < -0.39 is 5.97 Å². The Labute approximate surface area is 273 Å². The molecular formula is C34H33F2IN2O6. The first-order chi connectivity index (χ1) is 21.7. The zero-order chi connectivity index (χ0) is 32.3. The number of aromatic carboxylic acids is 1. The van der Waals surface area contributed by atoms with E-state index in [0.717, 1.165) is 27.0 Å². The van der Waals surface area contributed by atoms with Crippen LogP contribution >= 0.6 is 22.6 Å². The molecule has 0 unspecified atom stereocenters. The van der Waals surface area contributed by atoms with Crippen molar-refractivity contribution in [1.82, 2.24) is 9.97 Å². The quantitative estimate of drug-likeness (QED) is 0.0773. The van der Waals surface area contributed by atoms with E-state index >= 15 is 0 Å². The van der Waals surface area contributed by atoms with E-state index in [9.17, 15) is 18.7 Å². The van der Waals surface area contributed by atoms with Crippen molar-refractivity contribution in [2.45, 2.75) is 44.8 Å². The van der Waals surface area contributed by atoms with Gasteiger partial charge in [-0.2, -0.15) is 0 Å². The summed E-state index contributed by atoms with van der Waals surface area (Å²) in [6.45, 7) is 6.93. The zero-order valence-electron chi connectivity index (χ0n) is 25.1. The molecule has 8 nitrogen and oxygen atoms in total. The van der Waals surface area contributed by atoms with Crippen molar-refractivity contribution in [3.05, 3.63) is 118 Å². The standard InChI is InChI=1S/C23H24FNO5.C11H9FINO/c1-15-5-3-6-18(21(15)23(26)27)13-28-11-4-12-29-14-20-16(2)30-22(25-20)17-7-9-19(24)10-8-17;1-7-10(6-13)14-11(15-7)8-2-4-9(12)5-3-8/h3,5-10H,4,11-14H2,1-2H3,(H,26,27);2-5H,6H2,1H3. The summed E-state index contributed by atoms with van der Waals surface area (Å²) in [5.74, 6) is 0.958. The number of hydrogen-bond donors (Lipinski definition) is 1. The highest BCUT2D eigenvalue weighted by Crippen LogP contribution is 2.24. The minimum absolute atomic E-state index is 0.243. The maximum absolute atomic E-state index is 13.0. The van der Waals surface area contributed by atoms with Crippen molar-refractivity contribution in [3.8, 4) is 22.9 Å². The highest BCUT2D eigenvalue weighted by Gasteiger charge is 2.14. The second-order valence-electron chi connectivity index (χ2n) is 10.1. The fourth-order valence-electron chi connectivity index (χ4n) is 4.31. The Morgan fingerprint density at radius 2 is 1.29 bits per heavy atom. The molecule has 0 saturated carbocycles. The summed E-state index contributed by atoms with van der Waals surface area (Å²) in [5.41, 5.74) is 4.82. The van der Waals surface area contributed by atoms with E-state index in [1.54, 1.807) is 43.3 Å². The zero-order valence-corrected chi connectivity index (χ0v) is 27.3. The third-order valence-electron chi connectivity index (χ3n) is 6.74. The average Bonchev–Trinajstić information content (AvgIpc) is 3.59. The number of carboxylic acids is 1. The molecule has 0 amide bonds. The van der Waals surface area contributed by atoms with E-state index in [1.165, 1.54) is 24.3 Å². The molecule has 0 atom stereocenters. The molecule has 3 aromatic carbocycles. The molecule has 5 rings (SSSR count). The van der Waals surface area contributed by atoms with Crippen LogP contribution in [0.25, 0.3) is 22.9 Å². The Hall–Kier alpha value is -3.94. The summed E-state index contributed by atoms with van der Waals surface area (Å²) in [7, 11) is 0. The monoisotopic (exact) mass is 730 g/mol. The Kier molecular flexibility index (Phi) is 12.4. The van der Waals surface area contributed by atoms with Gasteiger partial charge in [0.2, 0.25) is 11.8 Å². The van der Waals surface area contributed by atoms with Crippen LogP contribution in [0.2, 0.25) is 0 Å². The number of aromatic nitrogens is 2. The number of halogens is 3. The van der Waals surface area contributed by atoms with E-state index in [4.69, 9.17) is 18.3 Å². The second kappa shape index (κ2) is 16.4. The van der Waals surface area contributed by atoms with Gasteiger partial charge in [-0.3, -0.25) is 0 Å². The summed E-state index contributed by atoms with van der Waals surface area (Å²) in [5, 5.41) is 9.33. The molecule has 2 heterocycles. The molecule has 0 radical (unpaired) electrons. The van der Waals surface area contributed by atoms with Crippen LogP contribution < -0.4 is 0 Å². The topological polar surface area (TPSA) is 108 Å². The molecule has 1 N–H and O–H groups in total. The van der Waals surface area contributed by atoms with Gasteiger partial charge in [-0.25, -0.2) is 23.5 Å². The van der Waals surface area contributed by atoms with Gasteiger partial charge in [-0.1, -0.05) is 40.8 Å². The lowest BCUT2D eigenvalue weighted by Crippen LogP contribution is -2.08. The molecule has 0 spiro atoms. The minimum atomic E-state index is -0.946. The highest BCUT2D eigenvalue weighted by atomic mass is 127. The molecule has 0 aliphatic carbocycles. The van der Waals surface area contributed by atoms with Crippen molar-refractivity contribution in [2.75, 3.05) is 13.2 Å². The molecular weight excluding hydrogens is 697 g/mol. The Morgan fingerprint density at radius 1 is 0.778 bits per heavy atom. The third kappa shape index (κ3) is 9.52. The number of hydrogen-bond acceptors (Lipinski definition) is 7. The molecule has 0 aliphatic rings. The first kappa shape index (κ1) is 33.9. The van der Waals surface area contributed by atoms with Crippen molar-refractivity contribution in [2.24, 2.45) is 0 Å². The summed E-state index contributed by atoms with van der Waals surface area (Å²) in [6, 6.07) is 17.4. The number of aryl methyl sites for hydroxylation is 3. The van der Waals surface area contributed by atoms with Gasteiger partial charge in [0, 0.05) is 28.8 Å². The van der Waals surface area contributed by atoms with Gasteiger partial charge in [0.05, 0.1) is 24.5 Å². The summed E-state index contributed by atoms with van der Waals surface area (Å²) >= 11 is 2.23. The summed E-state index contributed by atoms with van der Waals surface area (Å²) in [4.78, 5) is 20.1. The van der Waals surface area contributed by atoms with E-state index in [-0.39, 0.29) is 18.2 Å². The Balaban J connectivity index is 0.000000256. The number of nitrogens with zero attached hydrogens (tertiary/aromatic N) is 2. The SMILES string of the molecule is Cc1cccc(COCCCOCc2nc(-c3ccc(F)cc3)oc2C)c1C(=O)O.Cc1oc(-c2ccc(F)cc2)nc1CI. The molecule has 0 bridgehead atoms. The van der Waals surface area contributed by atoms with Gasteiger partial charge in [0.1, 0.15) is 28.8 Å². The Morgan fingerprint density at radius 3 is 1.80 bits per heavy atom. The fraction of sp³-hybridized carbons (Fsp3) is 0.265. The number of benzene rings is 3. The normalized spacial score (nSPS) is 10.9. The first-order valence-corrected chi connectivity index (χ1v) is 15.7. The van der Waals surface area contributed by atoms with Gasteiger partial charge in [-0.05, 0) is 86.8 Å². The molecule has 236 valence electrons. The van der Waals surface area contributed by atoms with Crippen molar-refractivity contribution in [1.29, 1.82) is 0 Å². The number of alkyl halides is 1. The van der Waals surface area contributed by atoms with Gasteiger partial charge in [0.15, 0.2) is 0 Å². The molecule has 0 saturated heterocycles. The van der Waals surface area contributed by atoms with E-state index in [2.05, 4.69) is 32.6 Å². The number of carboxylic acid groups (broad SMARTS) is 1. The molecule has 45 heavy (non-hydrogen) atoms. The molecule has 0 aliphatic heterocycles. The predicted molar refractivity (Wildman–Crippen MR) is 173 cm³/mol. The molecule has 0 fully saturated rings. The Bertz CT molecular complexity index is 1700. The van der Waals surface area contributed by atoms with Gasteiger partial charge >= 0.3 is 5.97 Å². The fourth-order valence-corrected chi connectivity index (χ4v) is 5.02. The lowest BCUT2D eigenvalue weighted by Gasteiger charge is -2.09. The van der Waals surface area contributed by atoms with Crippen LogP contribution in [0.1, 0.15) is 50.8 Å². The number of rotatable bonds is 12. The largest absolute Gasteiger partial charge is 0.478 e. The highest BCUT2D eigenvalue weighted by molar-refractivity contribution is 14.1. The lowest BCUT2D eigenvalue weighted by atomic mass is 10.0. The van der Waals surface area contributed by atoms with Gasteiger partial charge in [0.25, 0.3) is 0 Å². The molecule has 2 aromatic heterocycles. The number of ether oxygens (including phenoxy) is 2. The van der Waals surface area contributed by atoms with Crippen molar-refractivity contribution < 1.29 is 37.0 Å². The maximum Gasteiger partial charge on any atom is 0.336 e. The van der Waals surface area contributed by atoms with E-state index in [0.29, 0.717) is 66.2 Å². The van der Waals surface area contributed by atoms with Crippen molar-refractivity contribution in [3.63, 3.8) is 0 Å². The number of carbonyl (C=O) groups is 1. The lowest BCUT2D eigenvalue weighted by molar-refractivity contribution is 0.0639. The van der Waals surface area contributed by atoms with Gasteiger partial charge < -0.3 is 23.4 Å². The van der Waals surface area contributed by atoms with Crippen LogP contribution in [-0.4, -0.2) is 34.3 Å². The van der Waals surface area contributed by atoms with Crippen LogP contribution in [0.4, 0.5) is 8.78 Å². The van der Waals surface area contributed by atoms with Crippen LogP contribution in [0.3, 0.4) is 0 Å². The van der Waals surface area contributed by atoms with Crippen LogP contribution in [0.15, 0.2) is 75.6 Å². The average molecular weight is 731 g/mol. The predicted octanol–water partition coefficient (Wildman–Crippen LogP) is 8.64. The van der Waals surface area contributed by atoms with Crippen LogP contribution in [-0.2, 0) is 27.1 Å². The van der Waals surface area contributed by atoms with Crippen LogP contribution in [0.5, 0.6) is 0 Å². The second-order valence-corrected chi connectivity index (χ2v) is 10.8. The third-order valence-corrected chi connectivity index (χ3v) is 7.46. The van der Waals surface area contributed by atoms with Gasteiger partial charge in [-0.15, -0.1) is 0 Å². The minimum Gasteiger partial charge on any atom is -0.478 e. The smallest absolute Gasteiger partial charge is 0.336 e. The number of oxazole rings is 2. The van der Waals surface area contributed by atoms with Crippen molar-refractivity contribution >= 4 is 28.6 Å². The molecule has 5 aromatic rings.